The highest BCUT2D eigenvalue weighted by Crippen LogP contribution is 2.25. The third-order valence-electron chi connectivity index (χ3n) is 4.32. The number of nitrogens with one attached hydrogen (secondary N) is 1. The van der Waals surface area contributed by atoms with Gasteiger partial charge in [-0.15, -0.1) is 0 Å². The average Bonchev–Trinajstić information content (AvgIpc) is 2.95. The smallest absolute Gasteiger partial charge is 0.202 e. The van der Waals surface area contributed by atoms with Crippen LogP contribution in [0.4, 0.5) is 0 Å². The Morgan fingerprint density at radius 2 is 1.80 bits per heavy atom. The van der Waals surface area contributed by atoms with Gasteiger partial charge in [0.05, 0.1) is 0 Å². The van der Waals surface area contributed by atoms with Crippen LogP contribution >= 0.6 is 15.9 Å². The highest BCUT2D eigenvalue weighted by atomic mass is 79.9. The van der Waals surface area contributed by atoms with Crippen molar-refractivity contribution in [2.45, 2.75) is 6.92 Å². The van der Waals surface area contributed by atoms with Crippen LogP contribution in [-0.4, -0.2) is 17.4 Å². The Balaban J connectivity index is 1.57. The van der Waals surface area contributed by atoms with Crippen LogP contribution in [0.5, 0.6) is 5.75 Å². The molecule has 0 atom stereocenters. The summed E-state index contributed by atoms with van der Waals surface area (Å²) in [5.74, 6) is 0.673. The number of hydrogen-bond donors (Lipinski definition) is 1. The van der Waals surface area contributed by atoms with Crippen molar-refractivity contribution in [3.63, 3.8) is 0 Å². The van der Waals surface area contributed by atoms with Crippen molar-refractivity contribution in [2.24, 2.45) is 0 Å². The number of halogens is 1. The van der Waals surface area contributed by atoms with Crippen LogP contribution < -0.4 is 4.74 Å². The van der Waals surface area contributed by atoms with Gasteiger partial charge in [0, 0.05) is 26.6 Å². The minimum absolute atomic E-state index is 0.0186. The second-order valence-electron chi connectivity index (χ2n) is 6.04. The number of ketones is 1. The number of aromatic amines is 1. The zero-order valence-corrected chi connectivity index (χ0v) is 15.3. The summed E-state index contributed by atoms with van der Waals surface area (Å²) in [4.78, 5) is 15.9. The number of ether oxygens (including phenoxy) is 1. The Labute approximate surface area is 153 Å². The Morgan fingerprint density at radius 1 is 1.04 bits per heavy atom. The number of aromatic nitrogens is 1. The van der Waals surface area contributed by atoms with Gasteiger partial charge in [0.2, 0.25) is 5.78 Å². The minimum atomic E-state index is -0.0224. The van der Waals surface area contributed by atoms with Gasteiger partial charge in [0.1, 0.15) is 5.75 Å². The fourth-order valence-electron chi connectivity index (χ4n) is 3.14. The Morgan fingerprint density at radius 3 is 2.68 bits per heavy atom. The van der Waals surface area contributed by atoms with Crippen LogP contribution in [0.3, 0.4) is 0 Å². The number of rotatable bonds is 4. The first-order valence-electron chi connectivity index (χ1n) is 8.04. The van der Waals surface area contributed by atoms with Gasteiger partial charge in [0.25, 0.3) is 0 Å². The number of H-pyrrole nitrogens is 1. The molecule has 1 N–H and O–H groups in total. The molecule has 0 aliphatic carbocycles. The molecule has 0 aliphatic rings. The van der Waals surface area contributed by atoms with Crippen molar-refractivity contribution in [1.29, 1.82) is 0 Å². The van der Waals surface area contributed by atoms with Crippen molar-refractivity contribution < 1.29 is 9.53 Å². The molecule has 0 unspecified atom stereocenters. The first-order chi connectivity index (χ1) is 12.1. The summed E-state index contributed by atoms with van der Waals surface area (Å²) >= 11 is 3.47. The van der Waals surface area contributed by atoms with E-state index in [1.807, 2.05) is 61.5 Å². The molecule has 0 bridgehead atoms. The highest BCUT2D eigenvalue weighted by Gasteiger charge is 2.16. The minimum Gasteiger partial charge on any atom is -0.485 e. The predicted octanol–water partition coefficient (Wildman–Crippen LogP) is 5.65. The molecule has 0 radical (unpaired) electrons. The van der Waals surface area contributed by atoms with E-state index in [2.05, 4.69) is 27.0 Å². The van der Waals surface area contributed by atoms with Crippen LogP contribution in [0.1, 0.15) is 16.1 Å². The van der Waals surface area contributed by atoms with E-state index < -0.39 is 0 Å². The molecule has 0 amide bonds. The average molecular weight is 394 g/mol. The van der Waals surface area contributed by atoms with Crippen LogP contribution in [-0.2, 0) is 0 Å². The maximum absolute atomic E-state index is 12.7. The Hall–Kier alpha value is -2.59. The zero-order valence-electron chi connectivity index (χ0n) is 13.7. The first-order valence-corrected chi connectivity index (χ1v) is 8.84. The summed E-state index contributed by atoms with van der Waals surface area (Å²) in [5.41, 5.74) is 2.55. The molecule has 3 aromatic carbocycles. The lowest BCUT2D eigenvalue weighted by atomic mass is 10.1. The number of para-hydroxylation sites is 1. The van der Waals surface area contributed by atoms with E-state index in [4.69, 9.17) is 4.74 Å². The second kappa shape index (κ2) is 6.37. The lowest BCUT2D eigenvalue weighted by molar-refractivity contribution is 0.0922. The topological polar surface area (TPSA) is 42.1 Å². The Kier molecular flexibility index (Phi) is 4.06. The van der Waals surface area contributed by atoms with E-state index in [9.17, 15) is 4.79 Å². The maximum atomic E-state index is 12.7. The number of carbonyl (C=O) groups is 1. The highest BCUT2D eigenvalue weighted by molar-refractivity contribution is 9.10. The van der Waals surface area contributed by atoms with E-state index in [-0.39, 0.29) is 12.4 Å². The molecule has 3 nitrogen and oxygen atoms in total. The summed E-state index contributed by atoms with van der Waals surface area (Å²) in [5, 5.41) is 3.15. The molecule has 124 valence electrons. The molecule has 0 saturated carbocycles. The molecule has 4 rings (SSSR count). The van der Waals surface area contributed by atoms with Crippen LogP contribution in [0.25, 0.3) is 21.7 Å². The number of benzene rings is 3. The van der Waals surface area contributed by atoms with Gasteiger partial charge in [-0.2, -0.15) is 0 Å². The monoisotopic (exact) mass is 393 g/mol. The maximum Gasteiger partial charge on any atom is 0.202 e. The molecular weight excluding hydrogens is 378 g/mol. The summed E-state index contributed by atoms with van der Waals surface area (Å²) in [6.45, 7) is 1.94. The van der Waals surface area contributed by atoms with Crippen molar-refractivity contribution in [1.82, 2.24) is 4.98 Å². The normalized spacial score (nSPS) is 11.1. The van der Waals surface area contributed by atoms with Crippen molar-refractivity contribution in [2.75, 3.05) is 6.61 Å². The van der Waals surface area contributed by atoms with Gasteiger partial charge in [-0.25, -0.2) is 0 Å². The van der Waals surface area contributed by atoms with Gasteiger partial charge >= 0.3 is 0 Å². The Bertz CT molecular complexity index is 1100. The number of aryl methyl sites for hydroxylation is 1. The lowest BCUT2D eigenvalue weighted by Crippen LogP contribution is -2.12. The van der Waals surface area contributed by atoms with Crippen LogP contribution in [0.15, 0.2) is 65.1 Å². The van der Waals surface area contributed by atoms with Gasteiger partial charge in [-0.05, 0) is 48.0 Å². The third-order valence-corrected chi connectivity index (χ3v) is 4.81. The van der Waals surface area contributed by atoms with Gasteiger partial charge in [-0.3, -0.25) is 4.79 Å². The number of Topliss-reactive ketones (excluding diaryl/α,β-unsaturated/α-hetero) is 1. The van der Waals surface area contributed by atoms with E-state index in [1.165, 1.54) is 0 Å². The molecule has 0 saturated heterocycles. The van der Waals surface area contributed by atoms with Gasteiger partial charge in [0.15, 0.2) is 6.61 Å². The molecule has 4 heteroatoms. The SMILES string of the molecule is Cc1[nH]c2ccccc2c1C(=O)COc1ccc2cc(Br)ccc2c1. The summed E-state index contributed by atoms with van der Waals surface area (Å²) in [6, 6.07) is 19.7. The van der Waals surface area contributed by atoms with Gasteiger partial charge in [-0.1, -0.05) is 46.3 Å². The largest absolute Gasteiger partial charge is 0.485 e. The van der Waals surface area contributed by atoms with E-state index in [0.29, 0.717) is 11.3 Å². The molecule has 4 aromatic rings. The molecular formula is C21H16BrNO2. The lowest BCUT2D eigenvalue weighted by Gasteiger charge is -2.07. The first kappa shape index (κ1) is 15.9. The van der Waals surface area contributed by atoms with E-state index >= 15 is 0 Å². The fraction of sp³-hybridized carbons (Fsp3) is 0.0952. The molecule has 0 spiro atoms. The van der Waals surface area contributed by atoms with Crippen LogP contribution in [0, 0.1) is 6.92 Å². The van der Waals surface area contributed by atoms with Crippen molar-refractivity contribution in [3.05, 3.63) is 76.4 Å². The summed E-state index contributed by atoms with van der Waals surface area (Å²) in [6.07, 6.45) is 0. The number of carbonyl (C=O) groups excluding carboxylic acids is 1. The molecule has 0 fully saturated rings. The van der Waals surface area contributed by atoms with Crippen LogP contribution in [0.2, 0.25) is 0 Å². The van der Waals surface area contributed by atoms with E-state index in [0.717, 1.165) is 31.8 Å². The van der Waals surface area contributed by atoms with Crippen molar-refractivity contribution >= 4 is 43.4 Å². The zero-order chi connectivity index (χ0) is 17.4. The quantitative estimate of drug-likeness (QED) is 0.454. The molecule has 25 heavy (non-hydrogen) atoms. The van der Waals surface area contributed by atoms with Crippen molar-refractivity contribution in [3.8, 4) is 5.75 Å². The summed E-state index contributed by atoms with van der Waals surface area (Å²) in [7, 11) is 0. The number of fused-ring (bicyclic) bond motifs is 2. The second-order valence-corrected chi connectivity index (χ2v) is 6.95. The standard InChI is InChI=1S/C21H16BrNO2/c1-13-21(18-4-2-3-5-19(18)23-13)20(24)12-25-17-9-7-14-10-16(22)8-6-15(14)11-17/h2-11,23H,12H2,1H3. The molecule has 0 aliphatic heterocycles. The molecule has 1 aromatic heterocycles. The van der Waals surface area contributed by atoms with E-state index in [1.54, 1.807) is 0 Å². The summed E-state index contributed by atoms with van der Waals surface area (Å²) < 4.78 is 6.80. The fourth-order valence-corrected chi connectivity index (χ4v) is 3.52. The van der Waals surface area contributed by atoms with Gasteiger partial charge < -0.3 is 9.72 Å². The predicted molar refractivity (Wildman–Crippen MR) is 105 cm³/mol. The molecule has 1 heterocycles. The third kappa shape index (κ3) is 3.05. The number of hydrogen-bond acceptors (Lipinski definition) is 2.